The number of rotatable bonds is 2. The van der Waals surface area contributed by atoms with Crippen LogP contribution >= 0.6 is 23.1 Å². The van der Waals surface area contributed by atoms with Gasteiger partial charge in [-0.15, -0.1) is 23.1 Å². The van der Waals surface area contributed by atoms with Crippen molar-refractivity contribution in [3.63, 3.8) is 0 Å². The summed E-state index contributed by atoms with van der Waals surface area (Å²) >= 11 is 2.65. The number of carbonyl (C=O) groups excluding carboxylic acids is 1. The molecular formula is C10H10N2O3S2. The normalized spacial score (nSPS) is 10.8. The molecule has 0 aliphatic heterocycles. The van der Waals surface area contributed by atoms with Crippen LogP contribution in [-0.4, -0.2) is 29.3 Å². The summed E-state index contributed by atoms with van der Waals surface area (Å²) in [6.45, 7) is 1.68. The Labute approximate surface area is 105 Å². The molecular weight excluding hydrogens is 260 g/mol. The molecule has 2 aromatic heterocycles. The molecule has 17 heavy (non-hydrogen) atoms. The number of hydrogen-bond donors (Lipinski definition) is 1. The van der Waals surface area contributed by atoms with Crippen molar-refractivity contribution < 1.29 is 9.53 Å². The van der Waals surface area contributed by atoms with Gasteiger partial charge >= 0.3 is 5.97 Å². The van der Waals surface area contributed by atoms with Crippen LogP contribution in [-0.2, 0) is 4.74 Å². The van der Waals surface area contributed by atoms with Gasteiger partial charge in [-0.05, 0) is 13.2 Å². The molecule has 7 heteroatoms. The molecule has 0 unspecified atom stereocenters. The van der Waals surface area contributed by atoms with Crippen molar-refractivity contribution in [1.29, 1.82) is 0 Å². The fourth-order valence-corrected chi connectivity index (χ4v) is 3.37. The highest BCUT2D eigenvalue weighted by atomic mass is 32.2. The topological polar surface area (TPSA) is 72.1 Å². The van der Waals surface area contributed by atoms with Crippen LogP contribution in [0.3, 0.4) is 0 Å². The Morgan fingerprint density at radius 3 is 2.82 bits per heavy atom. The largest absolute Gasteiger partial charge is 0.465 e. The summed E-state index contributed by atoms with van der Waals surface area (Å²) in [6.07, 6.45) is 1.85. The Hall–Kier alpha value is -1.34. The van der Waals surface area contributed by atoms with Crippen molar-refractivity contribution in [2.75, 3.05) is 13.4 Å². The Bertz CT molecular complexity index is 645. The third kappa shape index (κ3) is 1.96. The summed E-state index contributed by atoms with van der Waals surface area (Å²) in [7, 11) is 1.31. The van der Waals surface area contributed by atoms with Crippen LogP contribution in [0.5, 0.6) is 0 Å². The zero-order valence-electron chi connectivity index (χ0n) is 9.49. The van der Waals surface area contributed by atoms with Crippen molar-refractivity contribution in [3.8, 4) is 0 Å². The van der Waals surface area contributed by atoms with Crippen LogP contribution in [0.1, 0.15) is 15.5 Å². The summed E-state index contributed by atoms with van der Waals surface area (Å²) in [5.41, 5.74) is 0.204. The van der Waals surface area contributed by atoms with Gasteiger partial charge in [0.05, 0.1) is 16.7 Å². The molecule has 90 valence electrons. The van der Waals surface area contributed by atoms with E-state index in [0.29, 0.717) is 21.6 Å². The maximum absolute atomic E-state index is 11.8. The summed E-state index contributed by atoms with van der Waals surface area (Å²) in [4.78, 5) is 30.7. The number of thiophene rings is 1. The van der Waals surface area contributed by atoms with Crippen molar-refractivity contribution in [3.05, 3.63) is 21.1 Å². The zero-order chi connectivity index (χ0) is 12.6. The van der Waals surface area contributed by atoms with Gasteiger partial charge in [-0.25, -0.2) is 9.78 Å². The van der Waals surface area contributed by atoms with E-state index in [1.807, 2.05) is 6.26 Å². The Morgan fingerprint density at radius 1 is 1.53 bits per heavy atom. The van der Waals surface area contributed by atoms with Gasteiger partial charge in [-0.2, -0.15) is 0 Å². The minimum absolute atomic E-state index is 0.219. The number of aromatic amines is 1. The maximum Gasteiger partial charge on any atom is 0.350 e. The number of hydrogen-bond acceptors (Lipinski definition) is 6. The van der Waals surface area contributed by atoms with Gasteiger partial charge in [-0.3, -0.25) is 4.79 Å². The lowest BCUT2D eigenvalue weighted by atomic mass is 10.3. The highest BCUT2D eigenvalue weighted by Crippen LogP contribution is 2.34. The number of thioether (sulfide) groups is 1. The molecule has 0 amide bonds. The number of ether oxygens (including phenoxy) is 1. The van der Waals surface area contributed by atoms with Crippen molar-refractivity contribution >= 4 is 40.0 Å². The second kappa shape index (κ2) is 4.50. The van der Waals surface area contributed by atoms with E-state index < -0.39 is 5.97 Å². The first-order valence-corrected chi connectivity index (χ1v) is 6.78. The summed E-state index contributed by atoms with van der Waals surface area (Å²) < 4.78 is 5.46. The molecule has 0 radical (unpaired) electrons. The van der Waals surface area contributed by atoms with E-state index in [-0.39, 0.29) is 5.56 Å². The fourth-order valence-electron chi connectivity index (χ4n) is 1.51. The van der Waals surface area contributed by atoms with Gasteiger partial charge in [0.1, 0.15) is 16.2 Å². The van der Waals surface area contributed by atoms with E-state index in [1.54, 1.807) is 6.92 Å². The molecule has 2 rings (SSSR count). The van der Waals surface area contributed by atoms with Crippen LogP contribution in [0.2, 0.25) is 0 Å². The molecule has 2 aromatic rings. The minimum Gasteiger partial charge on any atom is -0.465 e. The molecule has 1 N–H and O–H groups in total. The summed E-state index contributed by atoms with van der Waals surface area (Å²) in [5, 5.41) is 0.466. The zero-order valence-corrected chi connectivity index (χ0v) is 11.1. The Morgan fingerprint density at radius 2 is 2.24 bits per heavy atom. The first-order valence-electron chi connectivity index (χ1n) is 4.74. The number of aromatic nitrogens is 2. The summed E-state index contributed by atoms with van der Waals surface area (Å²) in [6, 6.07) is 0. The van der Waals surface area contributed by atoms with Gasteiger partial charge in [0.15, 0.2) is 0 Å². The van der Waals surface area contributed by atoms with E-state index in [0.717, 1.165) is 4.21 Å². The number of fused-ring (bicyclic) bond motifs is 1. The fraction of sp³-hybridized carbons (Fsp3) is 0.300. The predicted octanol–water partition coefficient (Wildman–Crippen LogP) is 1.80. The first kappa shape index (κ1) is 12.1. The van der Waals surface area contributed by atoms with E-state index in [4.69, 9.17) is 4.74 Å². The molecule has 0 fully saturated rings. The average Bonchev–Trinajstić information content (AvgIpc) is 2.66. The number of H-pyrrole nitrogens is 1. The van der Waals surface area contributed by atoms with Crippen molar-refractivity contribution in [2.45, 2.75) is 11.1 Å². The monoisotopic (exact) mass is 270 g/mol. The van der Waals surface area contributed by atoms with Gasteiger partial charge in [0.25, 0.3) is 5.56 Å². The van der Waals surface area contributed by atoms with Gasteiger partial charge < -0.3 is 9.72 Å². The van der Waals surface area contributed by atoms with E-state index in [1.165, 1.54) is 30.2 Å². The van der Waals surface area contributed by atoms with Gasteiger partial charge in [-0.1, -0.05) is 0 Å². The van der Waals surface area contributed by atoms with Crippen LogP contribution in [0.15, 0.2) is 9.00 Å². The van der Waals surface area contributed by atoms with Crippen LogP contribution in [0.4, 0.5) is 0 Å². The van der Waals surface area contributed by atoms with Crippen molar-refractivity contribution in [2.24, 2.45) is 0 Å². The third-order valence-electron chi connectivity index (χ3n) is 2.21. The van der Waals surface area contributed by atoms with Gasteiger partial charge in [0.2, 0.25) is 0 Å². The smallest absolute Gasteiger partial charge is 0.350 e. The SMILES string of the molecule is COC(=O)c1sc(SC)c2c(=O)[nH]c(C)nc12. The quantitative estimate of drug-likeness (QED) is 0.665. The Kier molecular flexibility index (Phi) is 3.21. The molecule has 2 heterocycles. The molecule has 5 nitrogen and oxygen atoms in total. The Balaban J connectivity index is 2.87. The number of esters is 1. The second-order valence-corrected chi connectivity index (χ2v) is 5.38. The molecule has 0 aromatic carbocycles. The number of nitrogens with zero attached hydrogens (tertiary/aromatic N) is 1. The molecule has 0 atom stereocenters. The average molecular weight is 270 g/mol. The molecule has 0 aliphatic carbocycles. The standard InChI is InChI=1S/C10H10N2O3S2/c1-4-11-6-5(8(13)12-4)10(16-3)17-7(6)9(14)15-2/h1-3H3,(H,11,12,13). The number of carbonyl (C=O) groups is 1. The van der Waals surface area contributed by atoms with E-state index in [2.05, 4.69) is 9.97 Å². The minimum atomic E-state index is -0.460. The predicted molar refractivity (Wildman–Crippen MR) is 68.1 cm³/mol. The second-order valence-electron chi connectivity index (χ2n) is 3.29. The molecule has 0 aliphatic rings. The molecule has 0 saturated heterocycles. The maximum atomic E-state index is 11.8. The molecule has 0 spiro atoms. The lowest BCUT2D eigenvalue weighted by Gasteiger charge is -1.96. The van der Waals surface area contributed by atoms with Crippen molar-refractivity contribution in [1.82, 2.24) is 9.97 Å². The van der Waals surface area contributed by atoms with Crippen LogP contribution in [0, 0.1) is 6.92 Å². The molecule has 0 saturated carbocycles. The summed E-state index contributed by atoms with van der Waals surface area (Å²) in [5.74, 6) is 0.0240. The van der Waals surface area contributed by atoms with E-state index in [9.17, 15) is 9.59 Å². The number of aryl methyl sites for hydroxylation is 1. The van der Waals surface area contributed by atoms with Gasteiger partial charge in [0, 0.05) is 0 Å². The number of methoxy groups -OCH3 is 1. The van der Waals surface area contributed by atoms with E-state index >= 15 is 0 Å². The highest BCUT2D eigenvalue weighted by Gasteiger charge is 2.21. The van der Waals surface area contributed by atoms with Crippen LogP contribution < -0.4 is 5.56 Å². The highest BCUT2D eigenvalue weighted by molar-refractivity contribution is 8.00. The van der Waals surface area contributed by atoms with Crippen LogP contribution in [0.25, 0.3) is 10.9 Å². The lowest BCUT2D eigenvalue weighted by molar-refractivity contribution is 0.0608. The number of nitrogens with one attached hydrogen (secondary N) is 1. The lowest BCUT2D eigenvalue weighted by Crippen LogP contribution is -2.10. The molecule has 0 bridgehead atoms. The first-order chi connectivity index (χ1) is 8.08. The third-order valence-corrected chi connectivity index (χ3v) is 4.49.